The second-order valence-electron chi connectivity index (χ2n) is 5.81. The molecular formula is C16H22ClF2N3O2. The first-order valence-electron chi connectivity index (χ1n) is 7.73. The Morgan fingerprint density at radius 3 is 2.88 bits per heavy atom. The summed E-state index contributed by atoms with van der Waals surface area (Å²) < 4.78 is 35.2. The van der Waals surface area contributed by atoms with Crippen LogP contribution < -0.4 is 15.4 Å². The SMILES string of the molecule is CN=C(NCc1cc(Cl)ccc1OC(F)F)NCC1(C)CCCO1. The predicted octanol–water partition coefficient (Wildman–Crippen LogP) is 3.18. The van der Waals surface area contributed by atoms with E-state index in [1.165, 1.54) is 12.1 Å². The van der Waals surface area contributed by atoms with Crippen LogP contribution in [0.15, 0.2) is 23.2 Å². The minimum atomic E-state index is -2.89. The van der Waals surface area contributed by atoms with Gasteiger partial charge in [-0.2, -0.15) is 8.78 Å². The predicted molar refractivity (Wildman–Crippen MR) is 89.9 cm³/mol. The number of rotatable bonds is 6. The lowest BCUT2D eigenvalue weighted by molar-refractivity contribution is -0.0504. The molecule has 1 aromatic carbocycles. The zero-order valence-corrected chi connectivity index (χ0v) is 14.5. The number of hydrogen-bond donors (Lipinski definition) is 2. The third-order valence-electron chi connectivity index (χ3n) is 3.84. The van der Waals surface area contributed by atoms with Crippen molar-refractivity contribution in [2.45, 2.75) is 38.5 Å². The lowest BCUT2D eigenvalue weighted by atomic mass is 10.0. The molecular weight excluding hydrogens is 340 g/mol. The minimum absolute atomic E-state index is 0.0865. The summed E-state index contributed by atoms with van der Waals surface area (Å²) in [4.78, 5) is 4.13. The zero-order valence-electron chi connectivity index (χ0n) is 13.7. The summed E-state index contributed by atoms with van der Waals surface area (Å²) in [7, 11) is 1.64. The van der Waals surface area contributed by atoms with Crippen LogP contribution in [0.3, 0.4) is 0 Å². The summed E-state index contributed by atoms with van der Waals surface area (Å²) in [6, 6.07) is 4.52. The second kappa shape index (κ2) is 8.48. The van der Waals surface area contributed by atoms with Crippen LogP contribution in [0, 0.1) is 0 Å². The van der Waals surface area contributed by atoms with E-state index >= 15 is 0 Å². The summed E-state index contributed by atoms with van der Waals surface area (Å²) in [5.74, 6) is 0.637. The molecule has 0 aliphatic carbocycles. The highest BCUT2D eigenvalue weighted by atomic mass is 35.5. The Morgan fingerprint density at radius 2 is 2.25 bits per heavy atom. The van der Waals surface area contributed by atoms with E-state index < -0.39 is 6.61 Å². The molecule has 1 atom stereocenters. The van der Waals surface area contributed by atoms with Gasteiger partial charge in [-0.05, 0) is 38.0 Å². The molecule has 1 aliphatic rings. The monoisotopic (exact) mass is 361 g/mol. The van der Waals surface area contributed by atoms with Crippen molar-refractivity contribution < 1.29 is 18.3 Å². The average Bonchev–Trinajstić information content (AvgIpc) is 2.96. The summed E-state index contributed by atoms with van der Waals surface area (Å²) >= 11 is 5.93. The summed E-state index contributed by atoms with van der Waals surface area (Å²) in [5, 5.41) is 6.70. The van der Waals surface area contributed by atoms with E-state index in [0.29, 0.717) is 23.1 Å². The summed E-state index contributed by atoms with van der Waals surface area (Å²) in [6.07, 6.45) is 2.03. The number of nitrogens with zero attached hydrogens (tertiary/aromatic N) is 1. The van der Waals surface area contributed by atoms with Crippen molar-refractivity contribution >= 4 is 17.6 Å². The van der Waals surface area contributed by atoms with Crippen molar-refractivity contribution in [1.29, 1.82) is 0 Å². The molecule has 0 saturated carbocycles. The smallest absolute Gasteiger partial charge is 0.387 e. The second-order valence-corrected chi connectivity index (χ2v) is 6.25. The van der Waals surface area contributed by atoms with E-state index in [9.17, 15) is 8.78 Å². The molecule has 2 N–H and O–H groups in total. The molecule has 0 amide bonds. The maximum Gasteiger partial charge on any atom is 0.387 e. The Balaban J connectivity index is 1.94. The van der Waals surface area contributed by atoms with E-state index in [0.717, 1.165) is 19.4 Å². The molecule has 24 heavy (non-hydrogen) atoms. The van der Waals surface area contributed by atoms with E-state index in [4.69, 9.17) is 16.3 Å². The van der Waals surface area contributed by atoms with Gasteiger partial charge in [-0.3, -0.25) is 4.99 Å². The van der Waals surface area contributed by atoms with Crippen LogP contribution in [0.25, 0.3) is 0 Å². The quantitative estimate of drug-likeness (QED) is 0.603. The molecule has 0 radical (unpaired) electrons. The fourth-order valence-electron chi connectivity index (χ4n) is 2.54. The lowest BCUT2D eigenvalue weighted by Crippen LogP contribution is -2.45. The Labute approximate surface area is 145 Å². The summed E-state index contributed by atoms with van der Waals surface area (Å²) in [5.41, 5.74) is 0.312. The van der Waals surface area contributed by atoms with Gasteiger partial charge in [0.15, 0.2) is 5.96 Å². The van der Waals surface area contributed by atoms with Crippen molar-refractivity contribution in [1.82, 2.24) is 10.6 Å². The van der Waals surface area contributed by atoms with Gasteiger partial charge >= 0.3 is 6.61 Å². The Hall–Kier alpha value is -1.60. The van der Waals surface area contributed by atoms with Crippen LogP contribution in [0.5, 0.6) is 5.75 Å². The van der Waals surface area contributed by atoms with E-state index in [-0.39, 0.29) is 17.9 Å². The third-order valence-corrected chi connectivity index (χ3v) is 4.07. The molecule has 1 fully saturated rings. The molecule has 0 bridgehead atoms. The number of aliphatic imine (C=N–C) groups is 1. The molecule has 1 saturated heterocycles. The van der Waals surface area contributed by atoms with Gasteiger partial charge in [0.05, 0.1) is 5.60 Å². The van der Waals surface area contributed by atoms with Crippen LogP contribution >= 0.6 is 11.6 Å². The normalized spacial score (nSPS) is 21.2. The van der Waals surface area contributed by atoms with Gasteiger partial charge in [0.1, 0.15) is 5.75 Å². The maximum absolute atomic E-state index is 12.5. The van der Waals surface area contributed by atoms with Gasteiger partial charge in [-0.15, -0.1) is 0 Å². The van der Waals surface area contributed by atoms with Gasteiger partial charge in [-0.25, -0.2) is 0 Å². The number of ether oxygens (including phenoxy) is 2. The van der Waals surface area contributed by atoms with Crippen molar-refractivity contribution in [3.63, 3.8) is 0 Å². The Kier molecular flexibility index (Phi) is 6.62. The minimum Gasteiger partial charge on any atom is -0.434 e. The fourth-order valence-corrected chi connectivity index (χ4v) is 2.74. The molecule has 0 spiro atoms. The van der Waals surface area contributed by atoms with Crippen molar-refractivity contribution in [3.8, 4) is 5.75 Å². The standard InChI is InChI=1S/C16H22ClF2N3O2/c1-16(6-3-7-23-16)10-22-15(20-2)21-9-11-8-12(17)4-5-13(11)24-14(18)19/h4-5,8,14H,3,6-7,9-10H2,1-2H3,(H2,20,21,22). The highest BCUT2D eigenvalue weighted by molar-refractivity contribution is 6.30. The number of hydrogen-bond acceptors (Lipinski definition) is 3. The van der Waals surface area contributed by atoms with E-state index in [1.807, 2.05) is 6.92 Å². The van der Waals surface area contributed by atoms with Crippen molar-refractivity contribution in [2.75, 3.05) is 20.2 Å². The van der Waals surface area contributed by atoms with E-state index in [2.05, 4.69) is 20.4 Å². The lowest BCUT2D eigenvalue weighted by Gasteiger charge is -2.24. The van der Waals surface area contributed by atoms with Crippen LogP contribution in [-0.4, -0.2) is 38.4 Å². The zero-order chi connectivity index (χ0) is 17.6. The Morgan fingerprint density at radius 1 is 1.46 bits per heavy atom. The fraction of sp³-hybridized carbons (Fsp3) is 0.562. The maximum atomic E-state index is 12.5. The third kappa shape index (κ3) is 5.49. The number of guanidine groups is 1. The molecule has 1 aromatic rings. The first kappa shape index (κ1) is 18.7. The first-order chi connectivity index (χ1) is 11.4. The highest BCUT2D eigenvalue weighted by Gasteiger charge is 2.29. The van der Waals surface area contributed by atoms with Gasteiger partial charge in [0.25, 0.3) is 0 Å². The van der Waals surface area contributed by atoms with Crippen molar-refractivity contribution in [2.24, 2.45) is 4.99 Å². The molecule has 5 nitrogen and oxygen atoms in total. The van der Waals surface area contributed by atoms with E-state index in [1.54, 1.807) is 13.1 Å². The van der Waals surface area contributed by atoms with Gasteiger partial charge in [-0.1, -0.05) is 11.6 Å². The van der Waals surface area contributed by atoms with Crippen molar-refractivity contribution in [3.05, 3.63) is 28.8 Å². The molecule has 134 valence electrons. The number of benzene rings is 1. The Bertz CT molecular complexity index is 578. The van der Waals surface area contributed by atoms with Crippen LogP contribution in [0.1, 0.15) is 25.3 Å². The van der Waals surface area contributed by atoms with Gasteiger partial charge in [0.2, 0.25) is 0 Å². The largest absolute Gasteiger partial charge is 0.434 e. The van der Waals surface area contributed by atoms with Crippen LogP contribution in [0.2, 0.25) is 5.02 Å². The van der Waals surface area contributed by atoms with Crippen LogP contribution in [-0.2, 0) is 11.3 Å². The first-order valence-corrected chi connectivity index (χ1v) is 8.11. The molecule has 2 rings (SSSR count). The van der Waals surface area contributed by atoms with Crippen LogP contribution in [0.4, 0.5) is 8.78 Å². The average molecular weight is 362 g/mol. The number of nitrogens with one attached hydrogen (secondary N) is 2. The molecule has 1 aliphatic heterocycles. The molecule has 0 aromatic heterocycles. The summed E-state index contributed by atoms with van der Waals surface area (Å²) in [6.45, 7) is 0.789. The van der Waals surface area contributed by atoms with Gasteiger partial charge in [0, 0.05) is 37.3 Å². The molecule has 8 heteroatoms. The number of alkyl halides is 2. The molecule has 1 heterocycles. The highest BCUT2D eigenvalue weighted by Crippen LogP contribution is 2.25. The molecule has 1 unspecified atom stereocenters. The van der Waals surface area contributed by atoms with Gasteiger partial charge < -0.3 is 20.1 Å². The topological polar surface area (TPSA) is 54.9 Å². The number of halogens is 3.